The molecule has 1 aliphatic rings. The molecule has 5 heteroatoms. The van der Waals surface area contributed by atoms with Crippen LogP contribution in [0.15, 0.2) is 0 Å². The number of nitrogens with two attached hydrogens (primary N) is 2. The first-order chi connectivity index (χ1) is 5.41. The third-order valence-electron chi connectivity index (χ3n) is 2.65. The van der Waals surface area contributed by atoms with Gasteiger partial charge >= 0.3 is 0 Å². The Labute approximate surface area is 73.4 Å². The van der Waals surface area contributed by atoms with E-state index >= 15 is 0 Å². The standard InChI is InChI=1S/C7H16N2O2S/c1-5-4-6(12(9,10)11)2-3-7(5)8/h5-7H,2-4,8H2,1H3,(H2,9,10,11). The van der Waals surface area contributed by atoms with Crippen molar-refractivity contribution in [3.8, 4) is 0 Å². The van der Waals surface area contributed by atoms with Gasteiger partial charge in [0.05, 0.1) is 5.25 Å². The van der Waals surface area contributed by atoms with E-state index in [0.29, 0.717) is 12.8 Å². The summed E-state index contributed by atoms with van der Waals surface area (Å²) in [5.41, 5.74) is 5.75. The van der Waals surface area contributed by atoms with Gasteiger partial charge in [0, 0.05) is 6.04 Å². The highest BCUT2D eigenvalue weighted by molar-refractivity contribution is 7.89. The molecular formula is C7H16N2O2S. The lowest BCUT2D eigenvalue weighted by atomic mass is 9.86. The predicted octanol–water partition coefficient (Wildman–Crippen LogP) is -0.209. The molecule has 1 rings (SSSR count). The Hall–Kier alpha value is -0.130. The van der Waals surface area contributed by atoms with Gasteiger partial charge < -0.3 is 5.73 Å². The van der Waals surface area contributed by atoms with Crippen LogP contribution in [-0.2, 0) is 10.0 Å². The molecular weight excluding hydrogens is 176 g/mol. The van der Waals surface area contributed by atoms with E-state index in [1.165, 1.54) is 0 Å². The highest BCUT2D eigenvalue weighted by atomic mass is 32.2. The van der Waals surface area contributed by atoms with Crippen molar-refractivity contribution in [2.75, 3.05) is 0 Å². The summed E-state index contributed by atoms with van der Waals surface area (Å²) in [6, 6.07) is 0.142. The van der Waals surface area contributed by atoms with E-state index in [9.17, 15) is 8.42 Å². The molecule has 1 saturated carbocycles. The summed E-state index contributed by atoms with van der Waals surface area (Å²) in [5, 5.41) is 4.68. The van der Waals surface area contributed by atoms with Crippen LogP contribution in [0.1, 0.15) is 26.2 Å². The molecule has 0 bridgehead atoms. The molecule has 72 valence electrons. The molecule has 0 amide bonds. The predicted molar refractivity (Wildman–Crippen MR) is 47.9 cm³/mol. The van der Waals surface area contributed by atoms with E-state index in [4.69, 9.17) is 10.9 Å². The summed E-state index contributed by atoms with van der Waals surface area (Å²) in [7, 11) is -3.34. The lowest BCUT2D eigenvalue weighted by molar-refractivity contribution is 0.330. The zero-order chi connectivity index (χ0) is 9.35. The van der Waals surface area contributed by atoms with Crippen LogP contribution in [0, 0.1) is 5.92 Å². The SMILES string of the molecule is CC1CC(S(N)(=O)=O)CCC1N. The first-order valence-electron chi connectivity index (χ1n) is 4.18. The minimum absolute atomic E-state index is 0.142. The zero-order valence-corrected chi connectivity index (χ0v) is 8.05. The van der Waals surface area contributed by atoms with Crippen LogP contribution in [0.5, 0.6) is 0 Å². The fraction of sp³-hybridized carbons (Fsp3) is 1.00. The second-order valence-corrected chi connectivity index (χ2v) is 5.51. The molecule has 0 aromatic carbocycles. The van der Waals surface area contributed by atoms with Crippen molar-refractivity contribution in [2.45, 2.75) is 37.5 Å². The normalized spacial score (nSPS) is 38.1. The topological polar surface area (TPSA) is 86.2 Å². The van der Waals surface area contributed by atoms with E-state index in [1.807, 2.05) is 6.92 Å². The monoisotopic (exact) mass is 192 g/mol. The van der Waals surface area contributed by atoms with Crippen LogP contribution < -0.4 is 10.9 Å². The fourth-order valence-electron chi connectivity index (χ4n) is 1.67. The maximum Gasteiger partial charge on any atom is 0.211 e. The molecule has 4 nitrogen and oxygen atoms in total. The van der Waals surface area contributed by atoms with Gasteiger partial charge in [-0.3, -0.25) is 0 Å². The minimum Gasteiger partial charge on any atom is -0.327 e. The zero-order valence-electron chi connectivity index (χ0n) is 7.23. The van der Waals surface area contributed by atoms with E-state index in [0.717, 1.165) is 6.42 Å². The number of sulfonamides is 1. The fourth-order valence-corrected chi connectivity index (χ4v) is 2.70. The van der Waals surface area contributed by atoms with E-state index in [-0.39, 0.29) is 17.2 Å². The Morgan fingerprint density at radius 3 is 2.33 bits per heavy atom. The molecule has 4 N–H and O–H groups in total. The molecule has 0 aromatic rings. The summed E-state index contributed by atoms with van der Waals surface area (Å²) in [6.07, 6.45) is 1.99. The van der Waals surface area contributed by atoms with Gasteiger partial charge in [-0.1, -0.05) is 6.92 Å². The third-order valence-corrected chi connectivity index (χ3v) is 4.01. The van der Waals surface area contributed by atoms with Crippen molar-refractivity contribution in [3.05, 3.63) is 0 Å². The molecule has 0 spiro atoms. The van der Waals surface area contributed by atoms with Crippen LogP contribution >= 0.6 is 0 Å². The summed E-state index contributed by atoms with van der Waals surface area (Å²) >= 11 is 0. The van der Waals surface area contributed by atoms with Gasteiger partial charge in [0.1, 0.15) is 0 Å². The Morgan fingerprint density at radius 2 is 1.92 bits per heavy atom. The largest absolute Gasteiger partial charge is 0.327 e. The highest BCUT2D eigenvalue weighted by Gasteiger charge is 2.31. The van der Waals surface area contributed by atoms with Crippen molar-refractivity contribution < 1.29 is 8.42 Å². The molecule has 0 radical (unpaired) electrons. The molecule has 12 heavy (non-hydrogen) atoms. The van der Waals surface area contributed by atoms with Crippen LogP contribution in [-0.4, -0.2) is 19.7 Å². The van der Waals surface area contributed by atoms with Gasteiger partial charge in [-0.25, -0.2) is 13.6 Å². The lowest BCUT2D eigenvalue weighted by Gasteiger charge is -2.30. The number of primary sulfonamides is 1. The first kappa shape index (κ1) is 9.95. The van der Waals surface area contributed by atoms with Crippen LogP contribution in [0.4, 0.5) is 0 Å². The van der Waals surface area contributed by atoms with E-state index in [1.54, 1.807) is 0 Å². The molecule has 1 fully saturated rings. The van der Waals surface area contributed by atoms with Gasteiger partial charge in [-0.05, 0) is 25.2 Å². The molecule has 0 aromatic heterocycles. The Balaban J connectivity index is 2.64. The maximum absolute atomic E-state index is 11.0. The third kappa shape index (κ3) is 2.18. The van der Waals surface area contributed by atoms with Gasteiger partial charge in [-0.15, -0.1) is 0 Å². The Morgan fingerprint density at radius 1 is 1.33 bits per heavy atom. The van der Waals surface area contributed by atoms with Crippen molar-refractivity contribution in [2.24, 2.45) is 16.8 Å². The quantitative estimate of drug-likeness (QED) is 0.602. The minimum atomic E-state index is -3.34. The molecule has 0 saturated heterocycles. The molecule has 0 aliphatic heterocycles. The van der Waals surface area contributed by atoms with Gasteiger partial charge in [-0.2, -0.15) is 0 Å². The summed E-state index contributed by atoms with van der Waals surface area (Å²) in [4.78, 5) is 0. The second-order valence-electron chi connectivity index (χ2n) is 3.67. The van der Waals surface area contributed by atoms with Crippen LogP contribution in [0.3, 0.4) is 0 Å². The van der Waals surface area contributed by atoms with Gasteiger partial charge in [0.25, 0.3) is 0 Å². The van der Waals surface area contributed by atoms with Crippen LogP contribution in [0.25, 0.3) is 0 Å². The van der Waals surface area contributed by atoms with Crippen molar-refractivity contribution in [3.63, 3.8) is 0 Å². The Bertz CT molecular complexity index is 250. The number of rotatable bonds is 1. The lowest BCUT2D eigenvalue weighted by Crippen LogP contribution is -2.41. The molecule has 3 unspecified atom stereocenters. The van der Waals surface area contributed by atoms with E-state index < -0.39 is 10.0 Å². The molecule has 0 heterocycles. The first-order valence-corrected chi connectivity index (χ1v) is 5.79. The van der Waals surface area contributed by atoms with Crippen LogP contribution in [0.2, 0.25) is 0 Å². The molecule has 1 aliphatic carbocycles. The molecule has 3 atom stereocenters. The average molecular weight is 192 g/mol. The number of hydrogen-bond donors (Lipinski definition) is 2. The van der Waals surface area contributed by atoms with Crippen molar-refractivity contribution >= 4 is 10.0 Å². The van der Waals surface area contributed by atoms with Gasteiger partial charge in [0.2, 0.25) is 10.0 Å². The van der Waals surface area contributed by atoms with E-state index in [2.05, 4.69) is 0 Å². The number of hydrogen-bond acceptors (Lipinski definition) is 3. The second kappa shape index (κ2) is 3.32. The summed E-state index contributed by atoms with van der Waals surface area (Å²) in [5.74, 6) is 0.266. The highest BCUT2D eigenvalue weighted by Crippen LogP contribution is 2.26. The van der Waals surface area contributed by atoms with Gasteiger partial charge in [0.15, 0.2) is 0 Å². The average Bonchev–Trinajstić information content (AvgIpc) is 1.92. The summed E-state index contributed by atoms with van der Waals surface area (Å²) in [6.45, 7) is 1.97. The van der Waals surface area contributed by atoms with Crippen molar-refractivity contribution in [1.29, 1.82) is 0 Å². The summed E-state index contributed by atoms with van der Waals surface area (Å²) < 4.78 is 22.0. The van der Waals surface area contributed by atoms with Crippen molar-refractivity contribution in [1.82, 2.24) is 0 Å². The maximum atomic E-state index is 11.0. The smallest absolute Gasteiger partial charge is 0.211 e. The Kier molecular flexibility index (Phi) is 2.75.